The molecule has 0 amide bonds. The molecule has 0 aromatic rings. The van der Waals surface area contributed by atoms with E-state index in [-0.39, 0.29) is 5.97 Å². The van der Waals surface area contributed by atoms with Crippen molar-refractivity contribution in [3.8, 4) is 0 Å². The van der Waals surface area contributed by atoms with E-state index < -0.39 is 36.8 Å². The summed E-state index contributed by atoms with van der Waals surface area (Å²) < 4.78 is 5.58. The summed E-state index contributed by atoms with van der Waals surface area (Å²) in [5, 5.41) is 0. The van der Waals surface area contributed by atoms with Gasteiger partial charge in [-0.2, -0.15) is 0 Å². The fourth-order valence-electron chi connectivity index (χ4n) is 2.23. The van der Waals surface area contributed by atoms with Crippen LogP contribution in [0.15, 0.2) is 0 Å². The van der Waals surface area contributed by atoms with Gasteiger partial charge in [0.1, 0.15) is 0 Å². The van der Waals surface area contributed by atoms with Gasteiger partial charge in [0.25, 0.3) is 0 Å². The van der Waals surface area contributed by atoms with Crippen LogP contribution in [0.1, 0.15) is 6.92 Å². The molecule has 0 aliphatic carbocycles. The number of rotatable bonds is 4. The number of hydrogen-bond acceptors (Lipinski definition) is 2. The molecule has 0 bridgehead atoms. The summed E-state index contributed by atoms with van der Waals surface area (Å²) >= 11 is -4.29. The molecule has 84 valence electrons. The van der Waals surface area contributed by atoms with Crippen molar-refractivity contribution in [3.63, 3.8) is 0 Å². The molecule has 0 unspecified atom stereocenters. The molecule has 0 heterocycles. The van der Waals surface area contributed by atoms with E-state index in [9.17, 15) is 4.79 Å². The van der Waals surface area contributed by atoms with Gasteiger partial charge in [-0.3, -0.25) is 0 Å². The molecule has 4 heteroatoms. The Morgan fingerprint density at radius 1 is 1.07 bits per heavy atom. The number of esters is 1. The number of ether oxygens (including phenoxy) is 1. The Kier molecular flexibility index (Phi) is 5.82. The number of hydrogen-bond donors (Lipinski definition) is 0. The molecular formula is C10H24O2Sn2. The Labute approximate surface area is 96.5 Å². The average Bonchev–Trinajstić information content (AvgIpc) is 1.78. The predicted octanol–water partition coefficient (Wildman–Crippen LogP) is 3.14. The van der Waals surface area contributed by atoms with Crippen LogP contribution in [0.2, 0.25) is 31.6 Å². The van der Waals surface area contributed by atoms with E-state index in [0.29, 0.717) is 8.56 Å². The van der Waals surface area contributed by atoms with Gasteiger partial charge in [0.2, 0.25) is 0 Å². The van der Waals surface area contributed by atoms with E-state index in [4.69, 9.17) is 4.74 Å². The Morgan fingerprint density at radius 2 is 1.43 bits per heavy atom. The molecule has 0 atom stereocenters. The molecule has 0 aliphatic heterocycles. The Bertz CT molecular complexity index is 187. The van der Waals surface area contributed by atoms with E-state index in [1.54, 1.807) is 0 Å². The molecule has 0 aliphatic rings. The molecule has 0 aromatic heterocycles. The molecule has 0 fully saturated rings. The molecule has 0 aromatic carbocycles. The zero-order valence-corrected chi connectivity index (χ0v) is 16.3. The van der Waals surface area contributed by atoms with Gasteiger partial charge in [-0.1, -0.05) is 0 Å². The van der Waals surface area contributed by atoms with Crippen LogP contribution in [0.5, 0.6) is 0 Å². The van der Waals surface area contributed by atoms with Crippen LogP contribution in [0.25, 0.3) is 0 Å². The van der Waals surface area contributed by atoms with Crippen LogP contribution >= 0.6 is 0 Å². The first-order valence-corrected chi connectivity index (χ1v) is 25.7. The Hall–Kier alpha value is 1.07. The normalized spacial score (nSPS) is 13.1. The van der Waals surface area contributed by atoms with Crippen molar-refractivity contribution in [1.82, 2.24) is 0 Å². The monoisotopic (exact) mass is 416 g/mol. The van der Waals surface area contributed by atoms with Crippen molar-refractivity contribution >= 4 is 42.7 Å². The molecule has 0 saturated heterocycles. The van der Waals surface area contributed by atoms with Crippen molar-refractivity contribution in [2.75, 3.05) is 6.61 Å². The fraction of sp³-hybridized carbons (Fsp3) is 0.900. The zero-order chi connectivity index (χ0) is 11.6. The van der Waals surface area contributed by atoms with Crippen LogP contribution in [-0.4, -0.2) is 49.3 Å². The summed E-state index contributed by atoms with van der Waals surface area (Å²) in [5.41, 5.74) is 0. The summed E-state index contributed by atoms with van der Waals surface area (Å²) in [6, 6.07) is 0. The molecule has 0 rings (SSSR count). The second-order valence-electron chi connectivity index (χ2n) is 5.92. The molecule has 2 nitrogen and oxygen atoms in total. The van der Waals surface area contributed by atoms with Gasteiger partial charge in [0, 0.05) is 0 Å². The van der Waals surface area contributed by atoms with Gasteiger partial charge >= 0.3 is 97.4 Å². The van der Waals surface area contributed by atoms with Gasteiger partial charge in [-0.25, -0.2) is 0 Å². The first kappa shape index (κ1) is 15.1. The molecule has 0 radical (unpaired) electrons. The summed E-state index contributed by atoms with van der Waals surface area (Å²) in [7, 11) is 0. The van der Waals surface area contributed by atoms with Crippen molar-refractivity contribution in [3.05, 3.63) is 0 Å². The van der Waals surface area contributed by atoms with Crippen LogP contribution in [0, 0.1) is 0 Å². The van der Waals surface area contributed by atoms with E-state index in [0.717, 1.165) is 0 Å². The second-order valence-corrected chi connectivity index (χ2v) is 40.9. The van der Waals surface area contributed by atoms with E-state index in [1.165, 1.54) is 0 Å². The minimum absolute atomic E-state index is 0.110. The predicted molar refractivity (Wildman–Crippen MR) is 67.1 cm³/mol. The van der Waals surface area contributed by atoms with Gasteiger partial charge in [-0.15, -0.1) is 0 Å². The van der Waals surface area contributed by atoms with E-state index >= 15 is 0 Å². The Morgan fingerprint density at radius 3 is 1.64 bits per heavy atom. The standard InChI is InChI=1S/C4H6O2.6CH3.2Sn/c1-3-6-4(2)5;;;;;;;;/h2H,3H2,1H3;6*1H3;;. The number of carbonyl (C=O) groups is 1. The van der Waals surface area contributed by atoms with E-state index in [1.807, 2.05) is 6.92 Å². The van der Waals surface area contributed by atoms with Crippen LogP contribution in [-0.2, 0) is 9.53 Å². The first-order chi connectivity index (χ1) is 6.10. The van der Waals surface area contributed by atoms with Crippen LogP contribution in [0.3, 0.4) is 0 Å². The zero-order valence-electron chi connectivity index (χ0n) is 10.6. The third-order valence-electron chi connectivity index (χ3n) is 2.25. The summed E-state index contributed by atoms with van der Waals surface area (Å²) in [5.74, 6) is 0.110. The maximum atomic E-state index is 11.9. The topological polar surface area (TPSA) is 26.3 Å². The summed E-state index contributed by atoms with van der Waals surface area (Å²) in [4.78, 5) is 26.0. The van der Waals surface area contributed by atoms with E-state index in [2.05, 4.69) is 29.6 Å². The van der Waals surface area contributed by atoms with Gasteiger partial charge < -0.3 is 0 Å². The third-order valence-corrected chi connectivity index (χ3v) is 46.6. The third kappa shape index (κ3) is 4.73. The van der Waals surface area contributed by atoms with Gasteiger partial charge in [0.15, 0.2) is 0 Å². The quantitative estimate of drug-likeness (QED) is 0.523. The van der Waals surface area contributed by atoms with Gasteiger partial charge in [0.05, 0.1) is 0 Å². The summed E-state index contributed by atoms with van der Waals surface area (Å²) in [6.07, 6.45) is 0. The second kappa shape index (κ2) is 5.41. The van der Waals surface area contributed by atoms with Crippen molar-refractivity contribution in [2.24, 2.45) is 0 Å². The van der Waals surface area contributed by atoms with Crippen LogP contribution < -0.4 is 0 Å². The minimum atomic E-state index is -2.14. The molecule has 0 spiro atoms. The maximum absolute atomic E-state index is 11.9. The first-order valence-electron chi connectivity index (χ1n) is 5.27. The van der Waals surface area contributed by atoms with Crippen molar-refractivity contribution < 1.29 is 9.53 Å². The Balaban J connectivity index is 4.84. The molecule has 0 N–H and O–H groups in total. The number of carbonyl (C=O) groups excluding carboxylic acids is 1. The van der Waals surface area contributed by atoms with Gasteiger partial charge in [-0.05, 0) is 0 Å². The average molecular weight is 414 g/mol. The molecular weight excluding hydrogens is 390 g/mol. The molecule has 0 saturated carbocycles. The summed E-state index contributed by atoms with van der Waals surface area (Å²) in [6.45, 7) is 2.42. The molecule has 14 heavy (non-hydrogen) atoms. The SMILES string of the molecule is CCOC(=O)[CH]([Sn]([CH3])([CH3])[CH3])[Sn]([CH3])([CH3])[CH3]. The van der Waals surface area contributed by atoms with Crippen LogP contribution in [0.4, 0.5) is 0 Å². The van der Waals surface area contributed by atoms with Crippen molar-refractivity contribution in [2.45, 2.75) is 38.5 Å². The van der Waals surface area contributed by atoms with Crippen molar-refractivity contribution in [1.29, 1.82) is 0 Å². The fourth-order valence-corrected chi connectivity index (χ4v) is 63.9.